The van der Waals surface area contributed by atoms with Crippen LogP contribution in [0.3, 0.4) is 0 Å². The molecule has 2 aliphatic rings. The molecule has 1 saturated carbocycles. The lowest BCUT2D eigenvalue weighted by atomic mass is 10.2. The number of aromatic nitrogens is 1. The molecule has 2 fully saturated rings. The summed E-state index contributed by atoms with van der Waals surface area (Å²) in [6, 6.07) is 3.43. The zero-order valence-electron chi connectivity index (χ0n) is 8.39. The largest absolute Gasteiger partial charge is 0.278 e. The summed E-state index contributed by atoms with van der Waals surface area (Å²) in [6.07, 6.45) is 2.33. The van der Waals surface area contributed by atoms with Crippen LogP contribution < -0.4 is 0 Å². The number of likely N-dealkylation sites (tertiary alicyclic amines) is 1. The highest BCUT2D eigenvalue weighted by molar-refractivity contribution is 6.29. The molecule has 1 aliphatic carbocycles. The van der Waals surface area contributed by atoms with Crippen LogP contribution in [-0.2, 0) is 16.1 Å². The van der Waals surface area contributed by atoms with E-state index in [1.54, 1.807) is 18.3 Å². The van der Waals surface area contributed by atoms with Crippen molar-refractivity contribution in [3.05, 3.63) is 29.0 Å². The van der Waals surface area contributed by atoms with Crippen molar-refractivity contribution >= 4 is 23.4 Å². The van der Waals surface area contributed by atoms with Crippen LogP contribution in [-0.4, -0.2) is 21.7 Å². The second kappa shape index (κ2) is 3.28. The third-order valence-corrected chi connectivity index (χ3v) is 3.31. The number of halogens is 1. The molecule has 4 nitrogen and oxygen atoms in total. The van der Waals surface area contributed by atoms with Crippen LogP contribution in [0.15, 0.2) is 18.3 Å². The van der Waals surface area contributed by atoms with Crippen LogP contribution in [0, 0.1) is 11.8 Å². The average molecular weight is 237 g/mol. The number of pyridine rings is 1. The highest BCUT2D eigenvalue weighted by Crippen LogP contribution is 2.47. The molecule has 1 aromatic heterocycles. The van der Waals surface area contributed by atoms with Gasteiger partial charge in [-0.25, -0.2) is 4.98 Å². The second-order valence-corrected chi connectivity index (χ2v) is 4.59. The van der Waals surface area contributed by atoms with Crippen LogP contribution in [0.2, 0.25) is 5.15 Å². The van der Waals surface area contributed by atoms with Crippen molar-refractivity contribution in [2.45, 2.75) is 13.0 Å². The first kappa shape index (κ1) is 9.78. The summed E-state index contributed by atoms with van der Waals surface area (Å²) < 4.78 is 0. The fourth-order valence-corrected chi connectivity index (χ4v) is 2.20. The van der Waals surface area contributed by atoms with Gasteiger partial charge in [-0.05, 0) is 18.1 Å². The third-order valence-electron chi connectivity index (χ3n) is 3.09. The number of imide groups is 1. The summed E-state index contributed by atoms with van der Waals surface area (Å²) in [7, 11) is 0. The van der Waals surface area contributed by atoms with Crippen LogP contribution in [0.4, 0.5) is 0 Å². The van der Waals surface area contributed by atoms with E-state index in [4.69, 9.17) is 11.6 Å². The summed E-state index contributed by atoms with van der Waals surface area (Å²) in [5, 5.41) is 0.408. The van der Waals surface area contributed by atoms with Crippen molar-refractivity contribution < 1.29 is 9.59 Å². The average Bonchev–Trinajstić information content (AvgIpc) is 3.02. The fraction of sp³-hybridized carbons (Fsp3) is 0.364. The van der Waals surface area contributed by atoms with E-state index < -0.39 is 0 Å². The molecule has 2 heterocycles. The molecule has 1 aliphatic heterocycles. The molecule has 1 aromatic rings. The standard InChI is InChI=1S/C11H9ClN2O2/c12-9-2-1-6(4-13-9)5-14-10(15)7-3-8(7)11(14)16/h1-2,4,7-8H,3,5H2. The predicted molar refractivity (Wildman–Crippen MR) is 56.4 cm³/mol. The van der Waals surface area contributed by atoms with E-state index in [1.165, 1.54) is 4.90 Å². The van der Waals surface area contributed by atoms with Crippen molar-refractivity contribution in [1.82, 2.24) is 9.88 Å². The van der Waals surface area contributed by atoms with E-state index in [0.717, 1.165) is 12.0 Å². The lowest BCUT2D eigenvalue weighted by molar-refractivity contribution is -0.142. The topological polar surface area (TPSA) is 50.3 Å². The van der Waals surface area contributed by atoms with Crippen LogP contribution >= 0.6 is 11.6 Å². The molecule has 2 atom stereocenters. The molecule has 1 saturated heterocycles. The Kier molecular flexibility index (Phi) is 2.01. The number of amides is 2. The van der Waals surface area contributed by atoms with Gasteiger partial charge in [-0.3, -0.25) is 14.5 Å². The maximum atomic E-state index is 11.7. The summed E-state index contributed by atoms with van der Waals surface area (Å²) in [4.78, 5) is 28.6. The Labute approximate surface area is 97.2 Å². The first-order chi connectivity index (χ1) is 7.66. The minimum absolute atomic E-state index is 0.0345. The smallest absolute Gasteiger partial charge is 0.233 e. The van der Waals surface area contributed by atoms with Gasteiger partial charge in [0, 0.05) is 6.20 Å². The van der Waals surface area contributed by atoms with Crippen molar-refractivity contribution in [3.63, 3.8) is 0 Å². The lowest BCUT2D eigenvalue weighted by Gasteiger charge is -2.15. The predicted octanol–water partition coefficient (Wildman–Crippen LogP) is 1.24. The van der Waals surface area contributed by atoms with Gasteiger partial charge >= 0.3 is 0 Å². The maximum Gasteiger partial charge on any atom is 0.233 e. The van der Waals surface area contributed by atoms with Crippen molar-refractivity contribution in [2.75, 3.05) is 0 Å². The number of carbonyl (C=O) groups is 2. The quantitative estimate of drug-likeness (QED) is 0.574. The van der Waals surface area contributed by atoms with Crippen LogP contribution in [0.25, 0.3) is 0 Å². The number of nitrogens with zero attached hydrogens (tertiary/aromatic N) is 2. The first-order valence-corrected chi connectivity index (χ1v) is 5.50. The Balaban J connectivity index is 1.78. The van der Waals surface area contributed by atoms with E-state index >= 15 is 0 Å². The Morgan fingerprint density at radius 3 is 2.56 bits per heavy atom. The molecule has 0 N–H and O–H groups in total. The molecular weight excluding hydrogens is 228 g/mol. The van der Waals surface area contributed by atoms with Gasteiger partial charge in [-0.15, -0.1) is 0 Å². The summed E-state index contributed by atoms with van der Waals surface area (Å²) >= 11 is 5.66. The maximum absolute atomic E-state index is 11.7. The van der Waals surface area contributed by atoms with Gasteiger partial charge in [0.15, 0.2) is 0 Å². The molecule has 0 aromatic carbocycles. The molecule has 0 radical (unpaired) electrons. The van der Waals surface area contributed by atoms with E-state index in [2.05, 4.69) is 4.98 Å². The molecule has 0 bridgehead atoms. The van der Waals surface area contributed by atoms with Gasteiger partial charge in [-0.1, -0.05) is 17.7 Å². The summed E-state index contributed by atoms with van der Waals surface area (Å²) in [5.74, 6) is -0.143. The van der Waals surface area contributed by atoms with Crippen LogP contribution in [0.5, 0.6) is 0 Å². The van der Waals surface area contributed by atoms with E-state index in [1.807, 2.05) is 0 Å². The monoisotopic (exact) mass is 236 g/mol. The zero-order chi connectivity index (χ0) is 11.3. The Morgan fingerprint density at radius 1 is 1.31 bits per heavy atom. The van der Waals surface area contributed by atoms with Gasteiger partial charge < -0.3 is 0 Å². The molecule has 2 amide bonds. The minimum atomic E-state index is -0.0371. The molecule has 16 heavy (non-hydrogen) atoms. The van der Waals surface area contributed by atoms with Crippen molar-refractivity contribution in [3.8, 4) is 0 Å². The van der Waals surface area contributed by atoms with E-state index in [-0.39, 0.29) is 23.7 Å². The minimum Gasteiger partial charge on any atom is -0.278 e. The summed E-state index contributed by atoms with van der Waals surface area (Å²) in [6.45, 7) is 0.314. The van der Waals surface area contributed by atoms with Gasteiger partial charge in [0.1, 0.15) is 5.15 Å². The fourth-order valence-electron chi connectivity index (χ4n) is 2.09. The lowest BCUT2D eigenvalue weighted by Crippen LogP contribution is -2.32. The van der Waals surface area contributed by atoms with Crippen LogP contribution in [0.1, 0.15) is 12.0 Å². The normalized spacial score (nSPS) is 27.2. The molecule has 2 unspecified atom stereocenters. The van der Waals surface area contributed by atoms with Gasteiger partial charge in [-0.2, -0.15) is 0 Å². The highest BCUT2D eigenvalue weighted by atomic mass is 35.5. The second-order valence-electron chi connectivity index (χ2n) is 4.20. The number of hydrogen-bond acceptors (Lipinski definition) is 3. The van der Waals surface area contributed by atoms with Crippen molar-refractivity contribution in [2.24, 2.45) is 11.8 Å². The van der Waals surface area contributed by atoms with Crippen molar-refractivity contribution in [1.29, 1.82) is 0 Å². The number of rotatable bonds is 2. The van der Waals surface area contributed by atoms with Gasteiger partial charge in [0.25, 0.3) is 0 Å². The molecular formula is C11H9ClN2O2. The SMILES string of the molecule is O=C1C2CC2C(=O)N1Cc1ccc(Cl)nc1. The third kappa shape index (κ3) is 1.41. The zero-order valence-corrected chi connectivity index (χ0v) is 9.15. The van der Waals surface area contributed by atoms with E-state index in [0.29, 0.717) is 11.7 Å². The van der Waals surface area contributed by atoms with Gasteiger partial charge in [0.05, 0.1) is 18.4 Å². The summed E-state index contributed by atoms with van der Waals surface area (Å²) in [5.41, 5.74) is 0.826. The van der Waals surface area contributed by atoms with Gasteiger partial charge in [0.2, 0.25) is 11.8 Å². The molecule has 5 heteroatoms. The van der Waals surface area contributed by atoms with E-state index in [9.17, 15) is 9.59 Å². The number of carbonyl (C=O) groups excluding carboxylic acids is 2. The number of fused-ring (bicyclic) bond motifs is 1. The number of piperidine rings is 1. The Hall–Kier alpha value is -1.42. The molecule has 82 valence electrons. The Bertz CT molecular complexity index is 451. The molecule has 3 rings (SSSR count). The number of hydrogen-bond donors (Lipinski definition) is 0. The first-order valence-electron chi connectivity index (χ1n) is 5.12. The Morgan fingerprint density at radius 2 is 2.00 bits per heavy atom. The highest BCUT2D eigenvalue weighted by Gasteiger charge is 2.58. The molecule has 0 spiro atoms.